The predicted octanol–water partition coefficient (Wildman–Crippen LogP) is 5.85. The van der Waals surface area contributed by atoms with Crippen molar-refractivity contribution in [3.05, 3.63) is 100 Å². The van der Waals surface area contributed by atoms with Gasteiger partial charge in [0.1, 0.15) is 11.5 Å². The number of nitrogens with one attached hydrogen (secondary N) is 1. The van der Waals surface area contributed by atoms with Crippen LogP contribution in [-0.4, -0.2) is 21.9 Å². The van der Waals surface area contributed by atoms with Crippen LogP contribution in [0.25, 0.3) is 10.9 Å². The maximum atomic E-state index is 13.4. The highest BCUT2D eigenvalue weighted by Crippen LogP contribution is 2.29. The van der Waals surface area contributed by atoms with E-state index in [1.54, 1.807) is 23.9 Å². The summed E-state index contributed by atoms with van der Waals surface area (Å²) in [6.07, 6.45) is 2.05. The number of nitrogens with zero attached hydrogens (tertiary/aromatic N) is 1. The fourth-order valence-corrected chi connectivity index (χ4v) is 4.37. The maximum Gasteiger partial charge on any atom is 0.352 e. The van der Waals surface area contributed by atoms with Crippen molar-refractivity contribution in [3.8, 4) is 0 Å². The highest BCUT2D eigenvalue weighted by atomic mass is 32.2. The van der Waals surface area contributed by atoms with Gasteiger partial charge in [0.05, 0.1) is 0 Å². The molecule has 1 aromatic heterocycles. The molecule has 32 heavy (non-hydrogen) atoms. The van der Waals surface area contributed by atoms with Crippen molar-refractivity contribution >= 4 is 28.6 Å². The molecule has 0 atom stereocenters. The molecule has 0 bridgehead atoms. The molecule has 164 valence electrons. The molecule has 0 saturated heterocycles. The van der Waals surface area contributed by atoms with E-state index < -0.39 is 5.97 Å². The van der Waals surface area contributed by atoms with Crippen LogP contribution in [0, 0.1) is 12.7 Å². The van der Waals surface area contributed by atoms with Gasteiger partial charge in [-0.1, -0.05) is 36.4 Å². The molecule has 4 rings (SSSR count). The number of carboxylic acids is 1. The number of benzene rings is 3. The van der Waals surface area contributed by atoms with E-state index in [2.05, 4.69) is 29.6 Å². The van der Waals surface area contributed by atoms with Crippen molar-refractivity contribution in [1.29, 1.82) is 0 Å². The lowest BCUT2D eigenvalue weighted by Crippen LogP contribution is -2.17. The van der Waals surface area contributed by atoms with E-state index in [-0.39, 0.29) is 11.5 Å². The number of hydrogen-bond acceptors (Lipinski definition) is 3. The van der Waals surface area contributed by atoms with Crippen LogP contribution in [0.4, 0.5) is 4.39 Å². The summed E-state index contributed by atoms with van der Waals surface area (Å²) in [6.45, 7) is 3.43. The Balaban J connectivity index is 1.68. The molecule has 0 saturated carbocycles. The SMILES string of the molecule is CSc1ccc(CNCc2c(C(=O)O)n(Cc3ccc(F)cc3)c3cc(C)ccc23)cc1. The predicted molar refractivity (Wildman–Crippen MR) is 128 cm³/mol. The lowest BCUT2D eigenvalue weighted by Gasteiger charge is -2.10. The van der Waals surface area contributed by atoms with E-state index in [1.165, 1.54) is 17.0 Å². The van der Waals surface area contributed by atoms with Crippen molar-refractivity contribution in [3.63, 3.8) is 0 Å². The van der Waals surface area contributed by atoms with Gasteiger partial charge in [-0.3, -0.25) is 0 Å². The summed E-state index contributed by atoms with van der Waals surface area (Å²) in [5.41, 5.74) is 4.94. The van der Waals surface area contributed by atoms with Gasteiger partial charge in [0.15, 0.2) is 0 Å². The van der Waals surface area contributed by atoms with E-state index >= 15 is 0 Å². The number of aryl methyl sites for hydroxylation is 1. The molecule has 4 nitrogen and oxygen atoms in total. The molecule has 0 spiro atoms. The van der Waals surface area contributed by atoms with Gasteiger partial charge in [-0.05, 0) is 60.2 Å². The maximum absolute atomic E-state index is 13.4. The van der Waals surface area contributed by atoms with Crippen LogP contribution < -0.4 is 5.32 Å². The molecule has 0 fully saturated rings. The second-order valence-electron chi connectivity index (χ2n) is 7.82. The topological polar surface area (TPSA) is 54.3 Å². The fourth-order valence-electron chi connectivity index (χ4n) is 3.97. The van der Waals surface area contributed by atoms with Crippen molar-refractivity contribution in [2.24, 2.45) is 0 Å². The summed E-state index contributed by atoms with van der Waals surface area (Å²) in [7, 11) is 0. The number of halogens is 1. The summed E-state index contributed by atoms with van der Waals surface area (Å²) < 4.78 is 15.2. The molecule has 0 unspecified atom stereocenters. The first kappa shape index (κ1) is 22.1. The third-order valence-corrected chi connectivity index (χ3v) is 6.31. The minimum absolute atomic E-state index is 0.264. The van der Waals surface area contributed by atoms with Crippen LogP contribution in [0.5, 0.6) is 0 Å². The average molecular weight is 449 g/mol. The molecule has 0 aliphatic heterocycles. The first-order chi connectivity index (χ1) is 15.5. The molecule has 6 heteroatoms. The largest absolute Gasteiger partial charge is 0.477 e. The van der Waals surface area contributed by atoms with Crippen LogP contribution in [0.1, 0.15) is 32.7 Å². The molecular formula is C26H25FN2O2S. The second kappa shape index (κ2) is 9.59. The third-order valence-electron chi connectivity index (χ3n) is 5.57. The smallest absolute Gasteiger partial charge is 0.352 e. The summed E-state index contributed by atoms with van der Waals surface area (Å²) in [4.78, 5) is 13.5. The monoisotopic (exact) mass is 448 g/mol. The Hall–Kier alpha value is -3.09. The first-order valence-corrected chi connectivity index (χ1v) is 11.6. The number of aromatic nitrogens is 1. The number of carbonyl (C=O) groups is 1. The number of rotatable bonds is 8. The zero-order chi connectivity index (χ0) is 22.7. The summed E-state index contributed by atoms with van der Waals surface area (Å²) >= 11 is 1.70. The average Bonchev–Trinajstić information content (AvgIpc) is 3.08. The number of hydrogen-bond donors (Lipinski definition) is 2. The molecule has 2 N–H and O–H groups in total. The number of carboxylic acid groups (broad SMARTS) is 1. The van der Waals surface area contributed by atoms with Crippen LogP contribution in [0.3, 0.4) is 0 Å². The van der Waals surface area contributed by atoms with Gasteiger partial charge in [-0.15, -0.1) is 11.8 Å². The van der Waals surface area contributed by atoms with Gasteiger partial charge >= 0.3 is 5.97 Å². The Morgan fingerprint density at radius 1 is 1.00 bits per heavy atom. The molecule has 0 amide bonds. The lowest BCUT2D eigenvalue weighted by molar-refractivity contribution is 0.0684. The lowest BCUT2D eigenvalue weighted by atomic mass is 10.1. The highest BCUT2D eigenvalue weighted by Gasteiger charge is 2.22. The minimum Gasteiger partial charge on any atom is -0.477 e. The van der Waals surface area contributed by atoms with E-state index in [0.29, 0.717) is 19.6 Å². The molecule has 4 aromatic rings. The van der Waals surface area contributed by atoms with E-state index in [9.17, 15) is 14.3 Å². The van der Waals surface area contributed by atoms with Crippen LogP contribution in [-0.2, 0) is 19.6 Å². The summed E-state index contributed by atoms with van der Waals surface area (Å²) in [5, 5.41) is 14.4. The molecular weight excluding hydrogens is 423 g/mol. The Labute approximate surface area is 191 Å². The summed E-state index contributed by atoms with van der Waals surface area (Å²) in [5.74, 6) is -1.28. The van der Waals surface area contributed by atoms with Gasteiger partial charge in [0.2, 0.25) is 0 Å². The first-order valence-electron chi connectivity index (χ1n) is 10.4. The van der Waals surface area contributed by atoms with E-state index in [4.69, 9.17) is 0 Å². The van der Waals surface area contributed by atoms with Crippen molar-refractivity contribution in [1.82, 2.24) is 9.88 Å². The molecule has 0 aliphatic rings. The normalized spacial score (nSPS) is 11.2. The molecule has 0 radical (unpaired) electrons. The van der Waals surface area contributed by atoms with E-state index in [1.807, 2.05) is 35.9 Å². The number of aromatic carboxylic acids is 1. The van der Waals surface area contributed by atoms with Crippen LogP contribution in [0.2, 0.25) is 0 Å². The van der Waals surface area contributed by atoms with Gasteiger partial charge in [0.25, 0.3) is 0 Å². The van der Waals surface area contributed by atoms with Gasteiger partial charge in [-0.25, -0.2) is 9.18 Å². The van der Waals surface area contributed by atoms with Gasteiger partial charge in [0, 0.05) is 41.0 Å². The molecule has 3 aromatic carbocycles. The summed E-state index contributed by atoms with van der Waals surface area (Å²) in [6, 6.07) is 20.5. The number of thioether (sulfide) groups is 1. The Morgan fingerprint density at radius 3 is 2.34 bits per heavy atom. The standard InChI is InChI=1S/C26H25FN2O2S/c1-17-3-12-22-23(15-28-14-18-6-10-21(32-2)11-7-18)25(26(30)31)29(24(22)13-17)16-19-4-8-20(27)9-5-19/h3-13,28H,14-16H2,1-2H3,(H,30,31). The zero-order valence-corrected chi connectivity index (χ0v) is 18.9. The van der Waals surface area contributed by atoms with Crippen molar-refractivity contribution in [2.45, 2.75) is 31.5 Å². The molecule has 0 aliphatic carbocycles. The van der Waals surface area contributed by atoms with Crippen LogP contribution >= 0.6 is 11.8 Å². The fraction of sp³-hybridized carbons (Fsp3) is 0.192. The number of fused-ring (bicyclic) bond motifs is 1. The third kappa shape index (κ3) is 4.71. The molecule has 1 heterocycles. The van der Waals surface area contributed by atoms with Gasteiger partial charge in [-0.2, -0.15) is 0 Å². The minimum atomic E-state index is -0.970. The van der Waals surface area contributed by atoms with Crippen LogP contribution in [0.15, 0.2) is 71.6 Å². The van der Waals surface area contributed by atoms with Crippen molar-refractivity contribution < 1.29 is 14.3 Å². The Morgan fingerprint density at radius 2 is 1.69 bits per heavy atom. The second-order valence-corrected chi connectivity index (χ2v) is 8.70. The Bertz CT molecular complexity index is 1250. The zero-order valence-electron chi connectivity index (χ0n) is 18.1. The quantitative estimate of drug-likeness (QED) is 0.332. The highest BCUT2D eigenvalue weighted by molar-refractivity contribution is 7.98. The Kier molecular flexibility index (Phi) is 6.63. The van der Waals surface area contributed by atoms with Gasteiger partial charge < -0.3 is 15.0 Å². The van der Waals surface area contributed by atoms with Crippen molar-refractivity contribution in [2.75, 3.05) is 6.26 Å². The van der Waals surface area contributed by atoms with E-state index in [0.717, 1.165) is 33.2 Å².